The van der Waals surface area contributed by atoms with Gasteiger partial charge < -0.3 is 29.2 Å². The van der Waals surface area contributed by atoms with E-state index in [-0.39, 0.29) is 38.2 Å². The van der Waals surface area contributed by atoms with Crippen LogP contribution in [0.15, 0.2) is 91.8 Å². The van der Waals surface area contributed by atoms with Gasteiger partial charge in [0, 0.05) is 79.3 Å². The lowest BCUT2D eigenvalue weighted by Crippen LogP contribution is -2.61. The van der Waals surface area contributed by atoms with Crippen LogP contribution < -0.4 is 5.32 Å². The minimum absolute atomic E-state index is 0.138. The summed E-state index contributed by atoms with van der Waals surface area (Å²) in [5, 5.41) is 9.33. The number of ether oxygens (including phenoxy) is 2. The average molecular weight is 828 g/mol. The highest BCUT2D eigenvalue weighted by Crippen LogP contribution is 2.40. The fourth-order valence-corrected chi connectivity index (χ4v) is 7.88. The van der Waals surface area contributed by atoms with Crippen molar-refractivity contribution in [2.75, 3.05) is 32.8 Å². The predicted molar refractivity (Wildman–Crippen MR) is 209 cm³/mol. The van der Waals surface area contributed by atoms with Gasteiger partial charge in [0.05, 0.1) is 18.2 Å². The quantitative estimate of drug-likeness (QED) is 0.162. The number of benzene rings is 3. The second-order valence-corrected chi connectivity index (χ2v) is 15.3. The lowest BCUT2D eigenvalue weighted by molar-refractivity contribution is -0.188. The van der Waals surface area contributed by atoms with E-state index in [9.17, 15) is 9.59 Å². The van der Waals surface area contributed by atoms with Gasteiger partial charge >= 0.3 is 6.03 Å². The molecular weight excluding hydrogens is 788 g/mol. The number of nitrogens with zero attached hydrogens (tertiary/aromatic N) is 8. The van der Waals surface area contributed by atoms with Crippen LogP contribution in [0, 0.1) is 0 Å². The number of hydrogen-bond donors (Lipinski definition) is 1. The molecule has 3 atom stereocenters. The summed E-state index contributed by atoms with van der Waals surface area (Å²) in [6.07, 6.45) is 6.04. The molecule has 2 aliphatic heterocycles. The zero-order valence-corrected chi connectivity index (χ0v) is 32.9. The number of imidazole rings is 1. The van der Waals surface area contributed by atoms with Gasteiger partial charge in [-0.25, -0.2) is 19.4 Å². The summed E-state index contributed by atoms with van der Waals surface area (Å²) in [4.78, 5) is 42.7. The number of halogens is 4. The zero-order valence-electron chi connectivity index (χ0n) is 29.9. The summed E-state index contributed by atoms with van der Waals surface area (Å²) in [6.45, 7) is 2.50. The van der Waals surface area contributed by atoms with E-state index in [4.69, 9.17) is 55.9 Å². The molecule has 3 aromatic carbocycles. The molecule has 3 amide bonds. The molecule has 0 radical (unpaired) electrons. The van der Waals surface area contributed by atoms with E-state index in [2.05, 4.69) is 20.4 Å². The number of rotatable bonds is 12. The number of piperazine rings is 1. The lowest BCUT2D eigenvalue weighted by Gasteiger charge is -2.42. The predicted octanol–water partition coefficient (Wildman–Crippen LogP) is 6.02. The van der Waals surface area contributed by atoms with Gasteiger partial charge in [-0.05, 0) is 47.5 Å². The highest BCUT2D eigenvalue weighted by molar-refractivity contribution is 6.35. The molecule has 288 valence electrons. The monoisotopic (exact) mass is 825 g/mol. The summed E-state index contributed by atoms with van der Waals surface area (Å²) < 4.78 is 16.4. The Kier molecular flexibility index (Phi) is 12.3. The molecule has 2 aromatic heterocycles. The molecule has 4 heterocycles. The van der Waals surface area contributed by atoms with Crippen LogP contribution in [0.5, 0.6) is 0 Å². The highest BCUT2D eigenvalue weighted by atomic mass is 35.5. The van der Waals surface area contributed by atoms with Gasteiger partial charge in [0.15, 0.2) is 0 Å². The second kappa shape index (κ2) is 17.3. The molecule has 0 aliphatic carbocycles. The first-order valence-corrected chi connectivity index (χ1v) is 19.2. The minimum atomic E-state index is -1.31. The van der Waals surface area contributed by atoms with Crippen molar-refractivity contribution >= 4 is 58.3 Å². The van der Waals surface area contributed by atoms with Gasteiger partial charge in [-0.15, -0.1) is 0 Å². The summed E-state index contributed by atoms with van der Waals surface area (Å²) in [6, 6.07) is 19.1. The van der Waals surface area contributed by atoms with Gasteiger partial charge in [-0.3, -0.25) is 9.69 Å². The van der Waals surface area contributed by atoms with Crippen molar-refractivity contribution in [3.63, 3.8) is 0 Å². The van der Waals surface area contributed by atoms with Crippen LogP contribution in [0.4, 0.5) is 4.79 Å². The maximum absolute atomic E-state index is 14.4. The van der Waals surface area contributed by atoms with Gasteiger partial charge in [0.2, 0.25) is 11.7 Å². The number of hydrogen-bond acceptors (Lipinski definition) is 8. The van der Waals surface area contributed by atoms with Gasteiger partial charge in [-0.2, -0.15) is 5.10 Å². The first-order valence-electron chi connectivity index (χ1n) is 17.7. The third-order valence-corrected chi connectivity index (χ3v) is 10.7. The number of carbonyl (C=O) groups excluding carboxylic acids is 2. The molecule has 5 aromatic rings. The van der Waals surface area contributed by atoms with E-state index in [0.29, 0.717) is 58.4 Å². The molecule has 13 nitrogen and oxygen atoms in total. The van der Waals surface area contributed by atoms with Crippen LogP contribution in [0.25, 0.3) is 0 Å². The molecule has 1 unspecified atom stereocenters. The molecular formula is C38H39Cl4N9O4. The molecule has 2 fully saturated rings. The van der Waals surface area contributed by atoms with Crippen LogP contribution in [0.2, 0.25) is 20.1 Å². The Balaban J connectivity index is 1.09. The first-order chi connectivity index (χ1) is 26.5. The number of aryl methyl sites for hydroxylation is 1. The van der Waals surface area contributed by atoms with Crippen molar-refractivity contribution in [3.8, 4) is 0 Å². The number of carbonyl (C=O) groups is 2. The van der Waals surface area contributed by atoms with Crippen molar-refractivity contribution in [1.82, 2.24) is 44.3 Å². The first kappa shape index (κ1) is 39.0. The van der Waals surface area contributed by atoms with Crippen LogP contribution in [0.3, 0.4) is 0 Å². The van der Waals surface area contributed by atoms with Crippen molar-refractivity contribution in [3.05, 3.63) is 134 Å². The normalized spacial score (nSPS) is 20.1. The van der Waals surface area contributed by atoms with Crippen LogP contribution in [-0.4, -0.2) is 95.9 Å². The summed E-state index contributed by atoms with van der Waals surface area (Å²) in [7, 11) is 1.91. The fourth-order valence-electron chi connectivity index (χ4n) is 6.90. The Morgan fingerprint density at radius 3 is 2.33 bits per heavy atom. The van der Waals surface area contributed by atoms with Gasteiger partial charge in [0.25, 0.3) is 0 Å². The number of urea groups is 1. The Bertz CT molecular complexity index is 2070. The van der Waals surface area contributed by atoms with E-state index in [1.165, 1.54) is 6.33 Å². The van der Waals surface area contributed by atoms with Gasteiger partial charge in [-0.1, -0.05) is 76.7 Å². The Morgan fingerprint density at radius 2 is 1.69 bits per heavy atom. The summed E-state index contributed by atoms with van der Waals surface area (Å²) in [5.74, 6) is -0.769. The molecule has 7 rings (SSSR count). The van der Waals surface area contributed by atoms with Crippen molar-refractivity contribution in [1.29, 1.82) is 0 Å². The molecule has 0 bridgehead atoms. The van der Waals surface area contributed by atoms with E-state index < -0.39 is 17.9 Å². The molecule has 2 aliphatic rings. The number of nitrogens with one attached hydrogen (secondary N) is 1. The maximum Gasteiger partial charge on any atom is 0.320 e. The third kappa shape index (κ3) is 9.43. The fraction of sp³-hybridized carbons (Fsp3) is 0.342. The second-order valence-electron chi connectivity index (χ2n) is 13.6. The van der Waals surface area contributed by atoms with Crippen molar-refractivity contribution in [2.24, 2.45) is 7.05 Å². The van der Waals surface area contributed by atoms with E-state index in [0.717, 1.165) is 17.0 Å². The smallest absolute Gasteiger partial charge is 0.320 e. The van der Waals surface area contributed by atoms with Crippen molar-refractivity contribution < 1.29 is 19.1 Å². The molecule has 55 heavy (non-hydrogen) atoms. The van der Waals surface area contributed by atoms with Crippen LogP contribution >= 0.6 is 46.4 Å². The zero-order chi connectivity index (χ0) is 38.5. The van der Waals surface area contributed by atoms with Crippen LogP contribution in [-0.2, 0) is 53.3 Å². The molecule has 0 saturated carbocycles. The molecule has 1 N–H and O–H groups in total. The lowest BCUT2D eigenvalue weighted by atomic mass is 10.1. The largest absolute Gasteiger partial charge is 0.352 e. The molecule has 2 saturated heterocycles. The Labute approximate surface area is 338 Å². The standard InChI is InChI=1S/C38H39Cl4N9O4/c1-47-11-10-44-35(47)21-48-12-13-49(37(53)50(18-26-4-2-6-28(39)14-26)19-27-5-3-7-29(40)15-27)20-34(48)36(52)45-17-31-22-54-38(55-31,23-51-25-43-24-46-51)32-9-8-30(41)16-33(32)42/h2-11,14-16,24-25,31,34H,12-13,17-23H2,1H3,(H,45,52)/t31-,34?,38-/m1/s1. The summed E-state index contributed by atoms with van der Waals surface area (Å²) in [5.41, 5.74) is 2.33. The highest BCUT2D eigenvalue weighted by Gasteiger charge is 2.46. The molecule has 0 spiro atoms. The van der Waals surface area contributed by atoms with E-state index >= 15 is 0 Å². The third-order valence-electron chi connectivity index (χ3n) is 9.67. The number of amides is 3. The average Bonchev–Trinajstić information content (AvgIpc) is 3.93. The SMILES string of the molecule is Cn1ccnc1CN1CCN(C(=O)N(Cc2cccc(Cl)c2)Cc2cccc(Cl)c2)CC1C(=O)NC[C@@H]1CO[C@@](Cn2cncn2)(c2ccc(Cl)cc2Cl)O1. The maximum atomic E-state index is 14.4. The van der Waals surface area contributed by atoms with E-state index in [1.807, 2.05) is 59.1 Å². The van der Waals surface area contributed by atoms with Crippen molar-refractivity contribution in [2.45, 2.75) is 44.1 Å². The Morgan fingerprint density at radius 1 is 0.964 bits per heavy atom. The number of aromatic nitrogens is 5. The summed E-state index contributed by atoms with van der Waals surface area (Å²) >= 11 is 25.5. The topological polar surface area (TPSA) is 123 Å². The van der Waals surface area contributed by atoms with Crippen LogP contribution in [0.1, 0.15) is 22.5 Å². The van der Waals surface area contributed by atoms with Gasteiger partial charge in [0.1, 0.15) is 37.2 Å². The molecule has 17 heteroatoms. The minimum Gasteiger partial charge on any atom is -0.352 e. The van der Waals surface area contributed by atoms with E-state index in [1.54, 1.807) is 57.3 Å². The Hall–Kier alpha value is -4.21.